The molecule has 0 heterocycles. The highest BCUT2D eigenvalue weighted by molar-refractivity contribution is 6.35. The van der Waals surface area contributed by atoms with Crippen LogP contribution in [0.4, 0.5) is 13.2 Å². The first-order chi connectivity index (χ1) is 6.76. The fraction of sp³-hybridized carbons (Fsp3) is 0.333. The van der Waals surface area contributed by atoms with Crippen molar-refractivity contribution in [3.8, 4) is 0 Å². The molecule has 0 fully saturated rings. The quantitative estimate of drug-likeness (QED) is 0.806. The van der Waals surface area contributed by atoms with Crippen molar-refractivity contribution in [3.05, 3.63) is 33.6 Å². The monoisotopic (exact) mass is 257 g/mol. The van der Waals surface area contributed by atoms with Gasteiger partial charge in [-0.15, -0.1) is 0 Å². The van der Waals surface area contributed by atoms with E-state index in [2.05, 4.69) is 0 Å². The molecule has 0 aliphatic carbocycles. The van der Waals surface area contributed by atoms with E-state index in [4.69, 9.17) is 28.9 Å². The SMILES string of the molecule is CC(N)(c1cc(F)c(Cl)cc1Cl)C(F)F. The molecule has 1 aromatic rings. The smallest absolute Gasteiger partial charge is 0.260 e. The minimum atomic E-state index is -2.85. The molecule has 0 saturated heterocycles. The summed E-state index contributed by atoms with van der Waals surface area (Å²) in [6.07, 6.45) is -2.85. The molecule has 0 radical (unpaired) electrons. The van der Waals surface area contributed by atoms with Crippen LogP contribution in [0.25, 0.3) is 0 Å². The highest BCUT2D eigenvalue weighted by Crippen LogP contribution is 2.33. The molecule has 2 N–H and O–H groups in total. The maximum atomic E-state index is 13.1. The molecular formula is C9H8Cl2F3N. The van der Waals surface area contributed by atoms with E-state index in [1.807, 2.05) is 0 Å². The molecule has 0 aliphatic heterocycles. The Morgan fingerprint density at radius 3 is 2.27 bits per heavy atom. The lowest BCUT2D eigenvalue weighted by Gasteiger charge is -2.25. The van der Waals surface area contributed by atoms with Crippen molar-refractivity contribution < 1.29 is 13.2 Å². The van der Waals surface area contributed by atoms with Gasteiger partial charge in [0.1, 0.15) is 11.4 Å². The van der Waals surface area contributed by atoms with Crippen LogP contribution in [0.15, 0.2) is 12.1 Å². The van der Waals surface area contributed by atoms with Crippen LogP contribution in [0.5, 0.6) is 0 Å². The van der Waals surface area contributed by atoms with Gasteiger partial charge in [0, 0.05) is 5.02 Å². The topological polar surface area (TPSA) is 26.0 Å². The Balaban J connectivity index is 3.32. The number of benzene rings is 1. The number of hydrogen-bond acceptors (Lipinski definition) is 1. The van der Waals surface area contributed by atoms with Gasteiger partial charge in [-0.2, -0.15) is 0 Å². The number of alkyl halides is 2. The Morgan fingerprint density at radius 1 is 1.27 bits per heavy atom. The standard InChI is InChI=1S/C9H8Cl2F3N/c1-9(15,8(13)14)4-2-7(12)6(11)3-5(4)10/h2-3,8H,15H2,1H3. The van der Waals surface area contributed by atoms with Crippen molar-refractivity contribution in [1.29, 1.82) is 0 Å². The first-order valence-electron chi connectivity index (χ1n) is 3.99. The van der Waals surface area contributed by atoms with E-state index in [1.165, 1.54) is 0 Å². The van der Waals surface area contributed by atoms with Gasteiger partial charge in [0.05, 0.1) is 5.02 Å². The molecule has 84 valence electrons. The van der Waals surface area contributed by atoms with Gasteiger partial charge in [0.25, 0.3) is 6.43 Å². The summed E-state index contributed by atoms with van der Waals surface area (Å²) in [5.74, 6) is -0.826. The Morgan fingerprint density at radius 2 is 1.80 bits per heavy atom. The largest absolute Gasteiger partial charge is 0.317 e. The first kappa shape index (κ1) is 12.6. The summed E-state index contributed by atoms with van der Waals surface area (Å²) in [6, 6.07) is 1.89. The van der Waals surface area contributed by atoms with E-state index < -0.39 is 17.8 Å². The van der Waals surface area contributed by atoms with Crippen molar-refractivity contribution in [1.82, 2.24) is 0 Å². The summed E-state index contributed by atoms with van der Waals surface area (Å²) in [6.45, 7) is 1.08. The highest BCUT2D eigenvalue weighted by atomic mass is 35.5. The number of nitrogens with two attached hydrogens (primary N) is 1. The van der Waals surface area contributed by atoms with Crippen LogP contribution >= 0.6 is 23.2 Å². The third-order valence-electron chi connectivity index (χ3n) is 2.04. The predicted molar refractivity (Wildman–Crippen MR) is 54.0 cm³/mol. The van der Waals surface area contributed by atoms with Crippen molar-refractivity contribution in [2.24, 2.45) is 5.73 Å². The van der Waals surface area contributed by atoms with Crippen LogP contribution in [0.3, 0.4) is 0 Å². The molecule has 1 unspecified atom stereocenters. The minimum absolute atomic E-state index is 0.0771. The number of hydrogen-bond donors (Lipinski definition) is 1. The highest BCUT2D eigenvalue weighted by Gasteiger charge is 2.34. The number of halogens is 5. The molecule has 1 nitrogen and oxygen atoms in total. The van der Waals surface area contributed by atoms with Gasteiger partial charge in [0.15, 0.2) is 0 Å². The van der Waals surface area contributed by atoms with Crippen LogP contribution in [0.2, 0.25) is 10.0 Å². The molecule has 0 saturated carbocycles. The summed E-state index contributed by atoms with van der Waals surface area (Å²) in [7, 11) is 0. The molecule has 0 aromatic heterocycles. The third-order valence-corrected chi connectivity index (χ3v) is 2.65. The maximum Gasteiger partial charge on any atom is 0.260 e. The molecule has 0 aliphatic rings. The van der Waals surface area contributed by atoms with Gasteiger partial charge in [-0.05, 0) is 24.6 Å². The van der Waals surface area contributed by atoms with Crippen LogP contribution in [-0.4, -0.2) is 6.43 Å². The van der Waals surface area contributed by atoms with E-state index >= 15 is 0 Å². The third kappa shape index (κ3) is 2.38. The van der Waals surface area contributed by atoms with E-state index in [0.717, 1.165) is 19.1 Å². The maximum absolute atomic E-state index is 13.1. The summed E-state index contributed by atoms with van der Waals surface area (Å²) in [5, 5.41) is -0.305. The molecule has 0 amide bonds. The summed E-state index contributed by atoms with van der Waals surface area (Å²) >= 11 is 11.1. The summed E-state index contributed by atoms with van der Waals surface area (Å²) < 4.78 is 38.2. The van der Waals surface area contributed by atoms with Crippen molar-refractivity contribution in [2.75, 3.05) is 0 Å². The van der Waals surface area contributed by atoms with Gasteiger partial charge in [-0.1, -0.05) is 23.2 Å². The van der Waals surface area contributed by atoms with E-state index in [1.54, 1.807) is 0 Å². The Hall–Kier alpha value is -0.450. The zero-order chi connectivity index (χ0) is 11.8. The van der Waals surface area contributed by atoms with Crippen LogP contribution in [-0.2, 0) is 5.54 Å². The zero-order valence-electron chi connectivity index (χ0n) is 7.70. The Kier molecular flexibility index (Phi) is 3.53. The molecule has 1 atom stereocenters. The molecular weight excluding hydrogens is 250 g/mol. The van der Waals surface area contributed by atoms with Gasteiger partial charge < -0.3 is 5.73 Å². The second-order valence-electron chi connectivity index (χ2n) is 3.33. The van der Waals surface area contributed by atoms with Crippen LogP contribution < -0.4 is 5.73 Å². The number of rotatable bonds is 2. The van der Waals surface area contributed by atoms with Crippen LogP contribution in [0.1, 0.15) is 12.5 Å². The second-order valence-corrected chi connectivity index (χ2v) is 4.14. The van der Waals surface area contributed by atoms with Crippen molar-refractivity contribution in [3.63, 3.8) is 0 Å². The normalized spacial score (nSPS) is 15.5. The average molecular weight is 258 g/mol. The van der Waals surface area contributed by atoms with Gasteiger partial charge in [-0.3, -0.25) is 0 Å². The lowest BCUT2D eigenvalue weighted by molar-refractivity contribution is 0.0624. The molecule has 0 bridgehead atoms. The molecule has 1 rings (SSSR count). The lowest BCUT2D eigenvalue weighted by Crippen LogP contribution is -2.41. The molecule has 15 heavy (non-hydrogen) atoms. The minimum Gasteiger partial charge on any atom is -0.317 e. The lowest BCUT2D eigenvalue weighted by atomic mass is 9.93. The second kappa shape index (κ2) is 4.20. The molecule has 0 spiro atoms. The van der Waals surface area contributed by atoms with E-state index in [0.29, 0.717) is 0 Å². The fourth-order valence-electron chi connectivity index (χ4n) is 1.05. The van der Waals surface area contributed by atoms with Gasteiger partial charge >= 0.3 is 0 Å². The first-order valence-corrected chi connectivity index (χ1v) is 4.74. The predicted octanol–water partition coefficient (Wildman–Crippen LogP) is 3.57. The average Bonchev–Trinajstić information content (AvgIpc) is 2.10. The Labute approximate surface area is 95.0 Å². The van der Waals surface area contributed by atoms with Crippen molar-refractivity contribution in [2.45, 2.75) is 18.9 Å². The Bertz CT molecular complexity index is 380. The van der Waals surface area contributed by atoms with E-state index in [-0.39, 0.29) is 15.6 Å². The van der Waals surface area contributed by atoms with Gasteiger partial charge in [-0.25, -0.2) is 13.2 Å². The summed E-state index contributed by atoms with van der Waals surface area (Å²) in [5.41, 5.74) is 3.19. The molecule has 1 aromatic carbocycles. The van der Waals surface area contributed by atoms with E-state index in [9.17, 15) is 13.2 Å². The van der Waals surface area contributed by atoms with Crippen LogP contribution in [0, 0.1) is 5.82 Å². The zero-order valence-corrected chi connectivity index (χ0v) is 9.21. The molecule has 6 heteroatoms. The van der Waals surface area contributed by atoms with Crippen molar-refractivity contribution >= 4 is 23.2 Å². The fourth-order valence-corrected chi connectivity index (χ4v) is 1.64. The summed E-state index contributed by atoms with van der Waals surface area (Å²) in [4.78, 5) is 0. The van der Waals surface area contributed by atoms with Gasteiger partial charge in [0.2, 0.25) is 0 Å².